The highest BCUT2D eigenvalue weighted by molar-refractivity contribution is 4.85. The van der Waals surface area contributed by atoms with Gasteiger partial charge in [-0.1, -0.05) is 20.8 Å². The molecule has 0 saturated carbocycles. The number of nitrogens with zero attached hydrogens (tertiary/aromatic N) is 2. The van der Waals surface area contributed by atoms with Gasteiger partial charge in [-0.05, 0) is 72.5 Å². The Morgan fingerprint density at radius 2 is 1.65 bits per heavy atom. The molecule has 0 aliphatic carbocycles. The van der Waals surface area contributed by atoms with Gasteiger partial charge in [-0.15, -0.1) is 0 Å². The zero-order valence-corrected chi connectivity index (χ0v) is 14.4. The van der Waals surface area contributed by atoms with E-state index in [0.717, 1.165) is 45.4 Å². The molecule has 0 aliphatic rings. The predicted molar refractivity (Wildman–Crippen MR) is 88.3 cm³/mol. The summed E-state index contributed by atoms with van der Waals surface area (Å²) in [6.45, 7) is 12.3. The summed E-state index contributed by atoms with van der Waals surface area (Å²) in [6.07, 6.45) is 4.42. The molecule has 0 rings (SSSR count). The van der Waals surface area contributed by atoms with Crippen molar-refractivity contribution in [3.8, 4) is 0 Å². The Morgan fingerprint density at radius 3 is 2.10 bits per heavy atom. The van der Waals surface area contributed by atoms with E-state index in [1.165, 1.54) is 13.0 Å². The number of rotatable bonds is 13. The Balaban J connectivity index is 4.03. The van der Waals surface area contributed by atoms with E-state index in [2.05, 4.69) is 50.0 Å². The van der Waals surface area contributed by atoms with Crippen molar-refractivity contribution >= 4 is 0 Å². The molecule has 0 bridgehead atoms. The summed E-state index contributed by atoms with van der Waals surface area (Å²) in [5, 5.41) is 13.1. The second-order valence-corrected chi connectivity index (χ2v) is 6.02. The van der Waals surface area contributed by atoms with E-state index < -0.39 is 0 Å². The predicted octanol–water partition coefficient (Wildman–Crippen LogP) is 1.79. The smallest absolute Gasteiger partial charge is 0.0613 e. The number of likely N-dealkylation sites (N-methyl/N-ethyl adjacent to an activating group) is 1. The van der Waals surface area contributed by atoms with Crippen LogP contribution in [-0.4, -0.2) is 73.9 Å². The first-order valence-corrected chi connectivity index (χ1v) is 8.26. The normalized spacial score (nSPS) is 15.0. The molecule has 0 saturated heterocycles. The van der Waals surface area contributed by atoms with Crippen molar-refractivity contribution in [2.75, 3.05) is 53.4 Å². The van der Waals surface area contributed by atoms with Gasteiger partial charge in [-0.25, -0.2) is 0 Å². The number of hydrogen-bond donors (Lipinski definition) is 2. The molecular formula is C16H37N3O. The third-order valence-corrected chi connectivity index (χ3v) is 4.19. The molecule has 0 aromatic carbocycles. The number of aliphatic hydroxyl groups is 1. The van der Waals surface area contributed by atoms with Crippen LogP contribution in [0.1, 0.15) is 46.5 Å². The molecule has 0 aromatic heterocycles. The van der Waals surface area contributed by atoms with Crippen molar-refractivity contribution in [1.82, 2.24) is 15.1 Å². The van der Waals surface area contributed by atoms with Crippen LogP contribution in [0.15, 0.2) is 0 Å². The Hall–Kier alpha value is -0.160. The van der Waals surface area contributed by atoms with Gasteiger partial charge in [0, 0.05) is 5.54 Å². The van der Waals surface area contributed by atoms with E-state index >= 15 is 0 Å². The fraction of sp³-hybridized carbons (Fsp3) is 1.00. The minimum Gasteiger partial charge on any atom is -0.394 e. The Kier molecular flexibility index (Phi) is 11.4. The monoisotopic (exact) mass is 287 g/mol. The Labute approximate surface area is 126 Å². The van der Waals surface area contributed by atoms with E-state index in [9.17, 15) is 5.11 Å². The largest absolute Gasteiger partial charge is 0.394 e. The molecule has 4 nitrogen and oxygen atoms in total. The lowest BCUT2D eigenvalue weighted by atomic mass is 9.91. The maximum atomic E-state index is 9.65. The summed E-state index contributed by atoms with van der Waals surface area (Å²) in [5.74, 6) is 0. The van der Waals surface area contributed by atoms with Crippen molar-refractivity contribution in [3.05, 3.63) is 0 Å². The lowest BCUT2D eigenvalue weighted by Gasteiger charge is -2.33. The van der Waals surface area contributed by atoms with Gasteiger partial charge >= 0.3 is 0 Å². The molecule has 0 fully saturated rings. The minimum atomic E-state index is -0.0716. The first-order valence-electron chi connectivity index (χ1n) is 8.26. The van der Waals surface area contributed by atoms with Gasteiger partial charge in [-0.3, -0.25) is 0 Å². The summed E-state index contributed by atoms with van der Waals surface area (Å²) in [6, 6.07) is 0. The van der Waals surface area contributed by atoms with Crippen molar-refractivity contribution in [2.45, 2.75) is 52.0 Å². The quantitative estimate of drug-likeness (QED) is 0.542. The van der Waals surface area contributed by atoms with Gasteiger partial charge in [0.25, 0.3) is 0 Å². The average molecular weight is 287 g/mol. The van der Waals surface area contributed by atoms with Crippen molar-refractivity contribution in [2.24, 2.45) is 0 Å². The fourth-order valence-electron chi connectivity index (χ4n) is 2.69. The van der Waals surface area contributed by atoms with Crippen LogP contribution >= 0.6 is 0 Å². The molecule has 1 atom stereocenters. The molecule has 0 aromatic rings. The van der Waals surface area contributed by atoms with Gasteiger partial charge in [0.15, 0.2) is 0 Å². The summed E-state index contributed by atoms with van der Waals surface area (Å²) in [4.78, 5) is 4.76. The third-order valence-electron chi connectivity index (χ3n) is 4.19. The Morgan fingerprint density at radius 1 is 1.00 bits per heavy atom. The van der Waals surface area contributed by atoms with E-state index in [4.69, 9.17) is 0 Å². The topological polar surface area (TPSA) is 38.7 Å². The van der Waals surface area contributed by atoms with Crippen molar-refractivity contribution in [3.63, 3.8) is 0 Å². The van der Waals surface area contributed by atoms with Crippen LogP contribution in [0.2, 0.25) is 0 Å². The first-order chi connectivity index (χ1) is 9.53. The average Bonchev–Trinajstić information content (AvgIpc) is 2.44. The molecular weight excluding hydrogens is 250 g/mol. The molecule has 0 spiro atoms. The SMILES string of the molecule is CCNC(CC)(CO)CCCN(CC)CCCN(C)C. The van der Waals surface area contributed by atoms with Crippen LogP contribution in [0.4, 0.5) is 0 Å². The molecule has 122 valence electrons. The van der Waals surface area contributed by atoms with Gasteiger partial charge in [-0.2, -0.15) is 0 Å². The molecule has 0 aliphatic heterocycles. The fourth-order valence-corrected chi connectivity index (χ4v) is 2.69. The van der Waals surface area contributed by atoms with Crippen LogP contribution in [-0.2, 0) is 0 Å². The Bertz CT molecular complexity index is 218. The van der Waals surface area contributed by atoms with E-state index in [-0.39, 0.29) is 12.1 Å². The maximum Gasteiger partial charge on any atom is 0.0613 e. The lowest BCUT2D eigenvalue weighted by Crippen LogP contribution is -2.48. The van der Waals surface area contributed by atoms with Gasteiger partial charge in [0.1, 0.15) is 0 Å². The van der Waals surface area contributed by atoms with Gasteiger partial charge in [0.05, 0.1) is 6.61 Å². The zero-order valence-electron chi connectivity index (χ0n) is 14.4. The molecule has 4 heteroatoms. The maximum absolute atomic E-state index is 9.65. The number of hydrogen-bond acceptors (Lipinski definition) is 4. The van der Waals surface area contributed by atoms with Crippen LogP contribution in [0.5, 0.6) is 0 Å². The number of aliphatic hydroxyl groups excluding tert-OH is 1. The summed E-state index contributed by atoms with van der Waals surface area (Å²) in [7, 11) is 4.26. The summed E-state index contributed by atoms with van der Waals surface area (Å²) >= 11 is 0. The summed E-state index contributed by atoms with van der Waals surface area (Å²) in [5.41, 5.74) is -0.0716. The van der Waals surface area contributed by atoms with E-state index in [1.807, 2.05) is 0 Å². The molecule has 20 heavy (non-hydrogen) atoms. The first kappa shape index (κ1) is 19.8. The zero-order chi connectivity index (χ0) is 15.4. The van der Waals surface area contributed by atoms with Gasteiger partial charge in [0.2, 0.25) is 0 Å². The molecule has 2 N–H and O–H groups in total. The highest BCUT2D eigenvalue weighted by atomic mass is 16.3. The standard InChI is InChI=1S/C16H37N3O/c1-6-16(15-20,17-7-2)11-9-13-19(8-3)14-10-12-18(4)5/h17,20H,6-15H2,1-5H3. The highest BCUT2D eigenvalue weighted by Gasteiger charge is 2.25. The number of nitrogens with one attached hydrogen (secondary N) is 1. The van der Waals surface area contributed by atoms with Crippen LogP contribution in [0.3, 0.4) is 0 Å². The van der Waals surface area contributed by atoms with Gasteiger partial charge < -0.3 is 20.2 Å². The highest BCUT2D eigenvalue weighted by Crippen LogP contribution is 2.17. The van der Waals surface area contributed by atoms with Crippen LogP contribution < -0.4 is 5.32 Å². The molecule has 0 heterocycles. The minimum absolute atomic E-state index is 0.0716. The van der Waals surface area contributed by atoms with Crippen molar-refractivity contribution in [1.29, 1.82) is 0 Å². The molecule has 0 radical (unpaired) electrons. The molecule has 1 unspecified atom stereocenters. The van der Waals surface area contributed by atoms with Crippen LogP contribution in [0, 0.1) is 0 Å². The lowest BCUT2D eigenvalue weighted by molar-refractivity contribution is 0.140. The second-order valence-electron chi connectivity index (χ2n) is 6.02. The second kappa shape index (κ2) is 11.5. The third kappa shape index (κ3) is 8.20. The summed E-state index contributed by atoms with van der Waals surface area (Å²) < 4.78 is 0. The molecule has 0 amide bonds. The van der Waals surface area contributed by atoms with Crippen molar-refractivity contribution < 1.29 is 5.11 Å². The van der Waals surface area contributed by atoms with E-state index in [0.29, 0.717) is 0 Å². The van der Waals surface area contributed by atoms with Crippen LogP contribution in [0.25, 0.3) is 0 Å². The van der Waals surface area contributed by atoms with E-state index in [1.54, 1.807) is 0 Å².